The van der Waals surface area contributed by atoms with Gasteiger partial charge in [-0.25, -0.2) is 4.98 Å². The predicted octanol–water partition coefficient (Wildman–Crippen LogP) is 3.19. The fourth-order valence-corrected chi connectivity index (χ4v) is 4.15. The maximum absolute atomic E-state index is 14.8. The molecule has 0 unspecified atom stereocenters. The first-order valence-corrected chi connectivity index (χ1v) is 10.5. The second-order valence-corrected chi connectivity index (χ2v) is 8.14. The van der Waals surface area contributed by atoms with Crippen molar-refractivity contribution < 1.29 is 18.8 Å². The summed E-state index contributed by atoms with van der Waals surface area (Å²) in [7, 11) is 2.99. The summed E-state index contributed by atoms with van der Waals surface area (Å²) in [4.78, 5) is 29.9. The van der Waals surface area contributed by atoms with Crippen LogP contribution in [-0.4, -0.2) is 35.5 Å². The van der Waals surface area contributed by atoms with Crippen molar-refractivity contribution in [3.05, 3.63) is 86.9 Å². The van der Waals surface area contributed by atoms with Gasteiger partial charge >= 0.3 is 0 Å². The SMILES string of the molecule is C[C@@H](c1nc(C(=O)Nc2cnoc2)c(O)c(=O)n1C)[C@H](c1ccccc1Cl)c1cn(C)nc1F. The molecule has 0 saturated carbocycles. The Morgan fingerprint density at radius 3 is 2.62 bits per heavy atom. The van der Waals surface area contributed by atoms with Crippen LogP contribution in [-0.2, 0) is 14.1 Å². The number of benzene rings is 1. The second kappa shape index (κ2) is 9.10. The molecule has 4 rings (SSSR count). The summed E-state index contributed by atoms with van der Waals surface area (Å²) in [6.07, 6.45) is 3.95. The van der Waals surface area contributed by atoms with Gasteiger partial charge in [0.1, 0.15) is 17.8 Å². The van der Waals surface area contributed by atoms with Crippen LogP contribution in [0.4, 0.5) is 10.1 Å². The normalized spacial score (nSPS) is 13.0. The molecule has 0 aliphatic heterocycles. The van der Waals surface area contributed by atoms with Gasteiger partial charge in [-0.2, -0.15) is 4.39 Å². The molecule has 0 saturated heterocycles. The van der Waals surface area contributed by atoms with E-state index in [1.54, 1.807) is 38.2 Å². The largest absolute Gasteiger partial charge is 0.501 e. The lowest BCUT2D eigenvalue weighted by atomic mass is 9.82. The van der Waals surface area contributed by atoms with Gasteiger partial charge in [0.2, 0.25) is 11.7 Å². The van der Waals surface area contributed by atoms with Crippen molar-refractivity contribution >= 4 is 23.2 Å². The minimum absolute atomic E-state index is 0.131. The highest BCUT2D eigenvalue weighted by Crippen LogP contribution is 2.41. The molecule has 10 nitrogen and oxygen atoms in total. The van der Waals surface area contributed by atoms with Crippen molar-refractivity contribution in [1.29, 1.82) is 0 Å². The lowest BCUT2D eigenvalue weighted by Gasteiger charge is -2.26. The Morgan fingerprint density at radius 2 is 2.00 bits per heavy atom. The average Bonchev–Trinajstić information content (AvgIpc) is 3.42. The number of carbonyl (C=O) groups excluding carboxylic acids is 1. The number of hydrogen-bond donors (Lipinski definition) is 2. The molecule has 12 heteroatoms. The molecule has 0 bridgehead atoms. The zero-order valence-corrected chi connectivity index (χ0v) is 19.1. The highest BCUT2D eigenvalue weighted by atomic mass is 35.5. The van der Waals surface area contributed by atoms with Crippen molar-refractivity contribution in [3.8, 4) is 5.75 Å². The number of carbonyl (C=O) groups is 1. The number of aryl methyl sites for hydroxylation is 1. The maximum atomic E-state index is 14.8. The van der Waals surface area contributed by atoms with Gasteiger partial charge in [-0.1, -0.05) is 41.9 Å². The van der Waals surface area contributed by atoms with Crippen LogP contribution in [0.1, 0.15) is 46.2 Å². The first-order chi connectivity index (χ1) is 16.2. The van der Waals surface area contributed by atoms with Crippen molar-refractivity contribution in [3.63, 3.8) is 0 Å². The van der Waals surface area contributed by atoms with E-state index in [1.165, 1.54) is 30.4 Å². The number of halogens is 2. The monoisotopic (exact) mass is 486 g/mol. The Labute approximate surface area is 197 Å². The number of nitrogens with one attached hydrogen (secondary N) is 1. The zero-order valence-electron chi connectivity index (χ0n) is 18.4. The molecule has 34 heavy (non-hydrogen) atoms. The van der Waals surface area contributed by atoms with Gasteiger partial charge in [-0.3, -0.25) is 18.8 Å². The van der Waals surface area contributed by atoms with Crippen LogP contribution in [0.25, 0.3) is 0 Å². The van der Waals surface area contributed by atoms with E-state index in [1.807, 2.05) is 0 Å². The summed E-state index contributed by atoms with van der Waals surface area (Å²) in [6, 6.07) is 6.92. The van der Waals surface area contributed by atoms with Crippen molar-refractivity contribution in [2.75, 3.05) is 5.32 Å². The van der Waals surface area contributed by atoms with Gasteiger partial charge in [0.05, 0.1) is 6.20 Å². The standard InChI is InChI=1S/C22H20ClFN6O4/c1-11(16(13-6-4-5-7-15(13)23)14-9-29(2)28-19(14)24)20-27-17(18(31)22(33)30(20)3)21(32)26-12-8-25-34-10-12/h4-11,16,31H,1-3H3,(H,26,32)/t11-,16-/m1/s1. The first kappa shape index (κ1) is 23.2. The van der Waals surface area contributed by atoms with Crippen molar-refractivity contribution in [2.45, 2.75) is 18.8 Å². The lowest BCUT2D eigenvalue weighted by molar-refractivity contribution is 0.101. The number of anilines is 1. The number of amides is 1. The molecule has 2 atom stereocenters. The summed E-state index contributed by atoms with van der Waals surface area (Å²) in [5, 5.41) is 20.5. The van der Waals surface area contributed by atoms with Gasteiger partial charge in [-0.05, 0) is 11.6 Å². The molecule has 0 aliphatic rings. The van der Waals surface area contributed by atoms with E-state index in [-0.39, 0.29) is 17.1 Å². The summed E-state index contributed by atoms with van der Waals surface area (Å²) in [6.45, 7) is 1.72. The van der Waals surface area contributed by atoms with Crippen LogP contribution in [0.3, 0.4) is 0 Å². The number of aromatic hydroxyl groups is 1. The molecule has 3 aromatic heterocycles. The third-order valence-electron chi connectivity index (χ3n) is 5.50. The Morgan fingerprint density at radius 1 is 1.26 bits per heavy atom. The molecule has 1 amide bonds. The predicted molar refractivity (Wildman–Crippen MR) is 120 cm³/mol. The summed E-state index contributed by atoms with van der Waals surface area (Å²) in [5.41, 5.74) is -0.289. The topological polar surface area (TPSA) is 128 Å². The van der Waals surface area contributed by atoms with E-state index >= 15 is 0 Å². The minimum atomic E-state index is -0.839. The molecule has 0 spiro atoms. The number of rotatable bonds is 6. The third-order valence-corrected chi connectivity index (χ3v) is 5.84. The molecular formula is C22H20ClFN6O4. The van der Waals surface area contributed by atoms with Crippen LogP contribution in [0.5, 0.6) is 5.75 Å². The highest BCUT2D eigenvalue weighted by Gasteiger charge is 2.33. The first-order valence-electron chi connectivity index (χ1n) is 10.1. The van der Waals surface area contributed by atoms with Crippen molar-refractivity contribution in [2.24, 2.45) is 14.1 Å². The van der Waals surface area contributed by atoms with E-state index in [0.29, 0.717) is 10.6 Å². The quantitative estimate of drug-likeness (QED) is 0.428. The molecule has 3 heterocycles. The Kier molecular flexibility index (Phi) is 6.20. The second-order valence-electron chi connectivity index (χ2n) is 7.74. The Hall–Kier alpha value is -3.99. The fraction of sp³-hybridized carbons (Fsp3) is 0.227. The molecule has 176 valence electrons. The average molecular weight is 487 g/mol. The third kappa shape index (κ3) is 4.17. The van der Waals surface area contributed by atoms with Crippen molar-refractivity contribution in [1.82, 2.24) is 24.5 Å². The minimum Gasteiger partial charge on any atom is -0.501 e. The molecular weight excluding hydrogens is 467 g/mol. The molecule has 4 aromatic rings. The van der Waals surface area contributed by atoms with Crippen LogP contribution < -0.4 is 10.9 Å². The zero-order chi connectivity index (χ0) is 24.6. The number of aromatic nitrogens is 5. The fourth-order valence-electron chi connectivity index (χ4n) is 3.90. The summed E-state index contributed by atoms with van der Waals surface area (Å²) in [5.74, 6) is -3.61. The van der Waals surface area contributed by atoms with E-state index in [2.05, 4.69) is 25.1 Å². The van der Waals surface area contributed by atoms with E-state index in [4.69, 9.17) is 11.6 Å². The Balaban J connectivity index is 1.86. The van der Waals surface area contributed by atoms with E-state index in [0.717, 1.165) is 4.57 Å². The van der Waals surface area contributed by atoms with Crippen LogP contribution in [0.15, 0.2) is 52.2 Å². The maximum Gasteiger partial charge on any atom is 0.296 e. The summed E-state index contributed by atoms with van der Waals surface area (Å²) < 4.78 is 22.0. The number of hydrogen-bond acceptors (Lipinski definition) is 7. The molecule has 1 aromatic carbocycles. The van der Waals surface area contributed by atoms with Gasteiger partial charge in [0, 0.05) is 42.7 Å². The number of nitrogens with zero attached hydrogens (tertiary/aromatic N) is 5. The highest BCUT2D eigenvalue weighted by molar-refractivity contribution is 6.31. The summed E-state index contributed by atoms with van der Waals surface area (Å²) >= 11 is 6.46. The molecule has 0 radical (unpaired) electrons. The lowest BCUT2D eigenvalue weighted by Crippen LogP contribution is -2.29. The van der Waals surface area contributed by atoms with Gasteiger partial charge in [0.25, 0.3) is 11.5 Å². The van der Waals surface area contributed by atoms with E-state index < -0.39 is 40.7 Å². The van der Waals surface area contributed by atoms with Gasteiger partial charge in [-0.15, -0.1) is 5.10 Å². The van der Waals surface area contributed by atoms with Crippen LogP contribution in [0, 0.1) is 5.95 Å². The Bertz CT molecular complexity index is 1420. The van der Waals surface area contributed by atoms with Crippen LogP contribution in [0.2, 0.25) is 5.02 Å². The molecule has 2 N–H and O–H groups in total. The van der Waals surface area contributed by atoms with Gasteiger partial charge < -0.3 is 14.9 Å². The van der Waals surface area contributed by atoms with Crippen LogP contribution >= 0.6 is 11.6 Å². The van der Waals surface area contributed by atoms with E-state index in [9.17, 15) is 19.1 Å². The molecule has 0 fully saturated rings. The smallest absolute Gasteiger partial charge is 0.296 e. The van der Waals surface area contributed by atoms with Gasteiger partial charge in [0.15, 0.2) is 5.69 Å². The molecule has 0 aliphatic carbocycles.